The molecule has 6 heteroatoms. The Hall–Kier alpha value is -3.15. The van der Waals surface area contributed by atoms with Crippen molar-refractivity contribution in [3.8, 4) is 40.0 Å². The van der Waals surface area contributed by atoms with Gasteiger partial charge in [0, 0.05) is 23.8 Å². The third-order valence-corrected chi connectivity index (χ3v) is 6.44. The van der Waals surface area contributed by atoms with Gasteiger partial charge in [0.25, 0.3) is 0 Å². The zero-order valence-corrected chi connectivity index (χ0v) is 18.7. The van der Waals surface area contributed by atoms with Crippen LogP contribution in [0.15, 0.2) is 24.3 Å². The number of aromatic nitrogens is 1. The van der Waals surface area contributed by atoms with Gasteiger partial charge in [-0.25, -0.2) is 0 Å². The maximum absolute atomic E-state index is 5.88. The highest BCUT2D eigenvalue weighted by atomic mass is 16.5. The molecule has 1 saturated carbocycles. The van der Waals surface area contributed by atoms with Crippen LogP contribution in [0.2, 0.25) is 0 Å². The molecule has 0 saturated heterocycles. The van der Waals surface area contributed by atoms with Gasteiger partial charge < -0.3 is 23.7 Å². The van der Waals surface area contributed by atoms with Crippen molar-refractivity contribution in [1.29, 1.82) is 0 Å². The third kappa shape index (κ3) is 2.96. The molecule has 31 heavy (non-hydrogen) atoms. The Morgan fingerprint density at radius 1 is 0.742 bits per heavy atom. The van der Waals surface area contributed by atoms with Crippen LogP contribution < -0.4 is 28.3 Å². The average Bonchev–Trinajstić information content (AvgIpc) is 3.65. The molecule has 0 N–H and O–H groups in total. The normalized spacial score (nSPS) is 14.6. The monoisotopic (exact) mass is 422 g/mol. The summed E-state index contributed by atoms with van der Waals surface area (Å²) in [5, 5.41) is 2.21. The quantitative estimate of drug-likeness (QED) is 0.555. The molecule has 162 valence electrons. The van der Waals surface area contributed by atoms with Crippen LogP contribution in [0.5, 0.6) is 28.7 Å². The van der Waals surface area contributed by atoms with Crippen molar-refractivity contribution in [2.24, 2.45) is 0 Å². The minimum Gasteiger partial charge on any atom is -0.493 e. The Morgan fingerprint density at radius 2 is 1.42 bits per heavy atom. The first-order chi connectivity index (χ1) is 15.1. The summed E-state index contributed by atoms with van der Waals surface area (Å²) in [5.74, 6) is 4.09. The van der Waals surface area contributed by atoms with E-state index >= 15 is 0 Å². The molecule has 1 aromatic heterocycles. The van der Waals surface area contributed by atoms with Crippen molar-refractivity contribution in [3.05, 3.63) is 35.5 Å². The molecule has 2 aliphatic rings. The molecule has 2 heterocycles. The van der Waals surface area contributed by atoms with Gasteiger partial charge in [-0.1, -0.05) is 0 Å². The van der Waals surface area contributed by atoms with Crippen LogP contribution in [0.3, 0.4) is 0 Å². The fourth-order valence-corrected chi connectivity index (χ4v) is 4.89. The summed E-state index contributed by atoms with van der Waals surface area (Å²) in [7, 11) is 8.37. The summed E-state index contributed by atoms with van der Waals surface area (Å²) >= 11 is 0. The standard InChI is InChI=1S/C25H28NO5/c1-27-19-11-15-8-9-26-18(17(15)13-20(19)28-2)10-16-12-21(29-3)24(30-4)25(31-5)22(16)23(26)14-6-7-14/h10-14H,6-9H2,1-5H3/q+1. The van der Waals surface area contributed by atoms with Crippen molar-refractivity contribution < 1.29 is 28.3 Å². The molecule has 1 fully saturated rings. The number of pyridine rings is 1. The Balaban J connectivity index is 1.86. The van der Waals surface area contributed by atoms with E-state index in [2.05, 4.69) is 28.8 Å². The van der Waals surface area contributed by atoms with Crippen LogP contribution in [0, 0.1) is 0 Å². The first-order valence-corrected chi connectivity index (χ1v) is 10.6. The largest absolute Gasteiger partial charge is 0.493 e. The lowest BCUT2D eigenvalue weighted by molar-refractivity contribution is -0.693. The summed E-state index contributed by atoms with van der Waals surface area (Å²) in [5.41, 5.74) is 4.96. The summed E-state index contributed by atoms with van der Waals surface area (Å²) in [6, 6.07) is 8.49. The van der Waals surface area contributed by atoms with E-state index in [1.165, 1.54) is 35.4 Å². The van der Waals surface area contributed by atoms with E-state index in [4.69, 9.17) is 23.7 Å². The molecule has 0 bridgehead atoms. The van der Waals surface area contributed by atoms with Gasteiger partial charge in [0.1, 0.15) is 0 Å². The van der Waals surface area contributed by atoms with Crippen LogP contribution in [0.25, 0.3) is 22.0 Å². The van der Waals surface area contributed by atoms with Gasteiger partial charge in [-0.3, -0.25) is 0 Å². The number of benzene rings is 2. The maximum atomic E-state index is 5.88. The van der Waals surface area contributed by atoms with Crippen molar-refractivity contribution in [2.45, 2.75) is 31.7 Å². The maximum Gasteiger partial charge on any atom is 0.213 e. The van der Waals surface area contributed by atoms with E-state index in [1.807, 2.05) is 0 Å². The molecule has 5 rings (SSSR count). The van der Waals surface area contributed by atoms with Crippen molar-refractivity contribution in [1.82, 2.24) is 0 Å². The molecule has 1 aliphatic carbocycles. The average molecular weight is 423 g/mol. The number of hydrogen-bond donors (Lipinski definition) is 0. The van der Waals surface area contributed by atoms with E-state index in [0.29, 0.717) is 17.4 Å². The molecule has 0 radical (unpaired) electrons. The van der Waals surface area contributed by atoms with Crippen LogP contribution in [0.4, 0.5) is 0 Å². The summed E-state index contributed by atoms with van der Waals surface area (Å²) in [4.78, 5) is 0. The number of methoxy groups -OCH3 is 5. The fraction of sp³-hybridized carbons (Fsp3) is 0.400. The predicted molar refractivity (Wildman–Crippen MR) is 118 cm³/mol. The van der Waals surface area contributed by atoms with Gasteiger partial charge in [0.05, 0.1) is 46.5 Å². The SMILES string of the molecule is COc1cc2c(cc1OC)-c1cc3cc(OC)c(OC)c(OC)c3c(C3CC3)[n+]1CC2. The number of ether oxygens (including phenoxy) is 5. The number of hydrogen-bond acceptors (Lipinski definition) is 5. The summed E-state index contributed by atoms with van der Waals surface area (Å²) < 4.78 is 30.8. The topological polar surface area (TPSA) is 50.0 Å². The highest BCUT2D eigenvalue weighted by Gasteiger charge is 2.40. The smallest absolute Gasteiger partial charge is 0.213 e. The molecular formula is C25H28NO5+. The van der Waals surface area contributed by atoms with Crippen LogP contribution in [0.1, 0.15) is 30.0 Å². The van der Waals surface area contributed by atoms with E-state index in [0.717, 1.165) is 41.0 Å². The molecule has 3 aromatic rings. The zero-order chi connectivity index (χ0) is 21.7. The van der Waals surface area contributed by atoms with Gasteiger partial charge in [-0.15, -0.1) is 0 Å². The highest BCUT2D eigenvalue weighted by Crippen LogP contribution is 2.51. The van der Waals surface area contributed by atoms with Gasteiger partial charge in [0.2, 0.25) is 11.4 Å². The number of aryl methyl sites for hydroxylation is 1. The van der Waals surface area contributed by atoms with Gasteiger partial charge in [-0.05, 0) is 36.6 Å². The Kier molecular flexibility index (Phi) is 4.80. The molecule has 1 aliphatic heterocycles. The first-order valence-electron chi connectivity index (χ1n) is 10.6. The second-order valence-electron chi connectivity index (χ2n) is 8.06. The Labute approximate surface area is 182 Å². The van der Waals surface area contributed by atoms with Gasteiger partial charge in [0.15, 0.2) is 35.2 Å². The van der Waals surface area contributed by atoms with Crippen LogP contribution >= 0.6 is 0 Å². The molecule has 0 atom stereocenters. The molecular weight excluding hydrogens is 394 g/mol. The minimum atomic E-state index is 0.524. The second-order valence-corrected chi connectivity index (χ2v) is 8.06. The lowest BCUT2D eigenvalue weighted by atomic mass is 9.92. The number of rotatable bonds is 6. The van der Waals surface area contributed by atoms with E-state index < -0.39 is 0 Å². The molecule has 0 spiro atoms. The second kappa shape index (κ2) is 7.52. The number of nitrogens with zero attached hydrogens (tertiary/aromatic N) is 1. The van der Waals surface area contributed by atoms with E-state index in [-0.39, 0.29) is 0 Å². The first kappa shape index (κ1) is 19.8. The van der Waals surface area contributed by atoms with E-state index in [1.54, 1.807) is 35.5 Å². The number of fused-ring (bicyclic) bond motifs is 4. The van der Waals surface area contributed by atoms with Gasteiger partial charge in [-0.2, -0.15) is 4.57 Å². The summed E-state index contributed by atoms with van der Waals surface area (Å²) in [6.45, 7) is 0.914. The van der Waals surface area contributed by atoms with Crippen LogP contribution in [-0.2, 0) is 13.0 Å². The molecule has 0 unspecified atom stereocenters. The lowest BCUT2D eigenvalue weighted by Crippen LogP contribution is -2.44. The van der Waals surface area contributed by atoms with Crippen molar-refractivity contribution >= 4 is 10.8 Å². The fourth-order valence-electron chi connectivity index (χ4n) is 4.89. The zero-order valence-electron chi connectivity index (χ0n) is 18.7. The Bertz CT molecular complexity index is 1180. The molecule has 2 aromatic carbocycles. The third-order valence-electron chi connectivity index (χ3n) is 6.44. The van der Waals surface area contributed by atoms with Crippen molar-refractivity contribution in [3.63, 3.8) is 0 Å². The van der Waals surface area contributed by atoms with E-state index in [9.17, 15) is 0 Å². The molecule has 0 amide bonds. The summed E-state index contributed by atoms with van der Waals surface area (Å²) in [6.07, 6.45) is 3.32. The highest BCUT2D eigenvalue weighted by molar-refractivity contribution is 5.96. The van der Waals surface area contributed by atoms with Gasteiger partial charge >= 0.3 is 0 Å². The Morgan fingerprint density at radius 3 is 2.03 bits per heavy atom. The van der Waals surface area contributed by atoms with Crippen LogP contribution in [-0.4, -0.2) is 35.5 Å². The molecule has 6 nitrogen and oxygen atoms in total. The predicted octanol–water partition coefficient (Wildman–Crippen LogP) is 4.27. The minimum absolute atomic E-state index is 0.524. The van der Waals surface area contributed by atoms with Crippen molar-refractivity contribution in [2.75, 3.05) is 35.5 Å². The lowest BCUT2D eigenvalue weighted by Gasteiger charge is -2.22.